The Bertz CT molecular complexity index is 1270. The van der Waals surface area contributed by atoms with Crippen LogP contribution in [0.2, 0.25) is 0 Å². The first kappa shape index (κ1) is 31.8. The number of aromatic nitrogens is 2. The van der Waals surface area contributed by atoms with Crippen molar-refractivity contribution in [2.24, 2.45) is 5.92 Å². The molecule has 0 aromatic carbocycles. The molecule has 0 unspecified atom stereocenters. The molecule has 10 nitrogen and oxygen atoms in total. The average molecular weight is 584 g/mol. The second-order valence-electron chi connectivity index (χ2n) is 13.9. The number of pyridine rings is 1. The van der Waals surface area contributed by atoms with Gasteiger partial charge in [-0.15, -0.1) is 0 Å². The molecule has 2 aliphatic heterocycles. The van der Waals surface area contributed by atoms with Gasteiger partial charge in [0.05, 0.1) is 11.6 Å². The van der Waals surface area contributed by atoms with Crippen LogP contribution >= 0.6 is 0 Å². The van der Waals surface area contributed by atoms with E-state index in [1.54, 1.807) is 21.7 Å². The number of likely N-dealkylation sites (tertiary alicyclic amines) is 2. The summed E-state index contributed by atoms with van der Waals surface area (Å²) in [4.78, 5) is 47.0. The molecule has 0 aliphatic carbocycles. The van der Waals surface area contributed by atoms with Crippen molar-refractivity contribution in [3.05, 3.63) is 24.0 Å². The number of nitrogens with zero attached hydrogens (tertiary/aromatic N) is 4. The zero-order valence-corrected chi connectivity index (χ0v) is 26.5. The number of carbonyl (C=O) groups is 3. The van der Waals surface area contributed by atoms with E-state index in [1.165, 1.54) is 0 Å². The minimum Gasteiger partial charge on any atom is -0.444 e. The molecular weight excluding hydrogens is 534 g/mol. The first-order chi connectivity index (χ1) is 19.7. The number of amides is 2. The predicted molar refractivity (Wildman–Crippen MR) is 164 cm³/mol. The fraction of sp³-hybridized carbons (Fsp3) is 0.688. The summed E-state index contributed by atoms with van der Waals surface area (Å²) in [5.41, 5.74) is 0.461. The quantitative estimate of drug-likeness (QED) is 0.360. The fourth-order valence-electron chi connectivity index (χ4n) is 5.89. The van der Waals surface area contributed by atoms with E-state index in [-0.39, 0.29) is 18.0 Å². The molecule has 2 aromatic heterocycles. The number of carbonyl (C=O) groups excluding carboxylic acids is 3. The summed E-state index contributed by atoms with van der Waals surface area (Å²) >= 11 is 0. The van der Waals surface area contributed by atoms with Gasteiger partial charge in [-0.05, 0) is 99.2 Å². The number of anilines is 1. The van der Waals surface area contributed by atoms with Crippen LogP contribution < -0.4 is 5.32 Å². The van der Waals surface area contributed by atoms with Gasteiger partial charge in [-0.3, -0.25) is 9.69 Å². The first-order valence-corrected chi connectivity index (χ1v) is 15.4. The highest BCUT2D eigenvalue weighted by Crippen LogP contribution is 2.35. The van der Waals surface area contributed by atoms with Crippen molar-refractivity contribution in [1.82, 2.24) is 19.4 Å². The lowest BCUT2D eigenvalue weighted by Gasteiger charge is -2.33. The molecule has 2 fully saturated rings. The SMILES string of the molecule is CN1CCC[C@@H]1c1cc2cnc(NC(=O)CCCCC3CCN(C(=O)OC(C)(C)C)CC3)cc2n1C(=O)OC(C)(C)C. The second-order valence-corrected chi connectivity index (χ2v) is 13.9. The Kier molecular flexibility index (Phi) is 9.85. The largest absolute Gasteiger partial charge is 0.444 e. The number of unbranched alkanes of at least 4 members (excludes halogenated alkanes) is 1. The standard InChI is InChI=1S/C32H49N5O5/c1-31(2,3)41-29(39)36-17-14-22(15-18-36)11-8-9-13-28(38)34-27-20-25-23(21-33-27)19-26(24-12-10-16-35(24)7)37(25)30(40)42-32(4,5)6/h19-22,24H,8-18H2,1-7H3,(H,33,34,38)/t24-/m1/s1. The highest BCUT2D eigenvalue weighted by molar-refractivity contribution is 5.95. The maximum absolute atomic E-state index is 13.4. The summed E-state index contributed by atoms with van der Waals surface area (Å²) in [6, 6.07) is 3.91. The van der Waals surface area contributed by atoms with Gasteiger partial charge >= 0.3 is 12.2 Å². The summed E-state index contributed by atoms with van der Waals surface area (Å²) < 4.78 is 12.9. The van der Waals surface area contributed by atoms with Crippen LogP contribution in [0.25, 0.3) is 10.9 Å². The van der Waals surface area contributed by atoms with Crippen LogP contribution in [0.1, 0.15) is 105 Å². The van der Waals surface area contributed by atoms with E-state index in [1.807, 2.05) is 47.6 Å². The van der Waals surface area contributed by atoms with Gasteiger partial charge in [0.25, 0.3) is 0 Å². The van der Waals surface area contributed by atoms with E-state index in [9.17, 15) is 14.4 Å². The molecule has 0 spiro atoms. The Morgan fingerprint density at radius 1 is 0.929 bits per heavy atom. The van der Waals surface area contributed by atoms with Crippen LogP contribution in [0, 0.1) is 5.92 Å². The predicted octanol–water partition coefficient (Wildman–Crippen LogP) is 6.73. The number of fused-ring (bicyclic) bond motifs is 1. The van der Waals surface area contributed by atoms with E-state index >= 15 is 0 Å². The molecule has 2 amide bonds. The molecule has 42 heavy (non-hydrogen) atoms. The molecular formula is C32H49N5O5. The Morgan fingerprint density at radius 3 is 2.21 bits per heavy atom. The van der Waals surface area contributed by atoms with Crippen LogP contribution in [0.3, 0.4) is 0 Å². The molecule has 0 saturated carbocycles. The van der Waals surface area contributed by atoms with Crippen LogP contribution in [0.15, 0.2) is 18.3 Å². The maximum atomic E-state index is 13.4. The van der Waals surface area contributed by atoms with Crippen molar-refractivity contribution < 1.29 is 23.9 Å². The molecule has 1 N–H and O–H groups in total. The maximum Gasteiger partial charge on any atom is 0.419 e. The Labute approximate surface area is 250 Å². The van der Waals surface area contributed by atoms with E-state index in [4.69, 9.17) is 9.47 Å². The van der Waals surface area contributed by atoms with Gasteiger partial charge in [-0.2, -0.15) is 0 Å². The number of hydrogen-bond donors (Lipinski definition) is 1. The lowest BCUT2D eigenvalue weighted by atomic mass is 9.91. The summed E-state index contributed by atoms with van der Waals surface area (Å²) in [5.74, 6) is 0.897. The fourth-order valence-corrected chi connectivity index (χ4v) is 5.89. The molecule has 0 radical (unpaired) electrons. The van der Waals surface area contributed by atoms with Crippen molar-refractivity contribution in [1.29, 1.82) is 0 Å². The average Bonchev–Trinajstić information content (AvgIpc) is 3.47. The van der Waals surface area contributed by atoms with Crippen molar-refractivity contribution in [3.63, 3.8) is 0 Å². The first-order valence-electron chi connectivity index (χ1n) is 15.4. The minimum atomic E-state index is -0.633. The topological polar surface area (TPSA) is 106 Å². The summed E-state index contributed by atoms with van der Waals surface area (Å²) in [6.45, 7) is 13.7. The van der Waals surface area contributed by atoms with E-state index in [2.05, 4.69) is 22.2 Å². The third kappa shape index (κ3) is 8.46. The van der Waals surface area contributed by atoms with Crippen LogP contribution in [-0.2, 0) is 14.3 Å². The molecule has 10 heteroatoms. The third-order valence-corrected chi connectivity index (χ3v) is 7.95. The summed E-state index contributed by atoms with van der Waals surface area (Å²) in [5, 5.41) is 3.77. The third-order valence-electron chi connectivity index (χ3n) is 7.95. The molecule has 1 atom stereocenters. The van der Waals surface area contributed by atoms with Gasteiger partial charge in [0.2, 0.25) is 5.91 Å². The molecule has 4 heterocycles. The van der Waals surface area contributed by atoms with Gasteiger partial charge < -0.3 is 19.7 Å². The van der Waals surface area contributed by atoms with Crippen LogP contribution in [0.4, 0.5) is 15.4 Å². The lowest BCUT2D eigenvalue weighted by Crippen LogP contribution is -2.41. The van der Waals surface area contributed by atoms with Gasteiger partial charge in [-0.25, -0.2) is 19.1 Å². The van der Waals surface area contributed by atoms with E-state index in [0.29, 0.717) is 23.7 Å². The number of hydrogen-bond acceptors (Lipinski definition) is 7. The molecule has 2 aliphatic rings. The number of rotatable bonds is 7. The normalized spacial score (nSPS) is 18.8. The van der Waals surface area contributed by atoms with Gasteiger partial charge in [0.1, 0.15) is 17.0 Å². The van der Waals surface area contributed by atoms with E-state index < -0.39 is 17.3 Å². The lowest BCUT2D eigenvalue weighted by molar-refractivity contribution is -0.116. The number of ether oxygens (including phenoxy) is 2. The van der Waals surface area contributed by atoms with Gasteiger partial charge in [-0.1, -0.05) is 12.8 Å². The van der Waals surface area contributed by atoms with E-state index in [0.717, 1.165) is 75.7 Å². The van der Waals surface area contributed by atoms with Crippen molar-refractivity contribution in [3.8, 4) is 0 Å². The monoisotopic (exact) mass is 583 g/mol. The Hall–Kier alpha value is -3.14. The molecule has 2 saturated heterocycles. The van der Waals surface area contributed by atoms with Gasteiger partial charge in [0, 0.05) is 42.9 Å². The molecule has 0 bridgehead atoms. The zero-order valence-electron chi connectivity index (χ0n) is 26.5. The van der Waals surface area contributed by atoms with Crippen LogP contribution in [0.5, 0.6) is 0 Å². The second kappa shape index (κ2) is 13.0. The van der Waals surface area contributed by atoms with Crippen molar-refractivity contribution >= 4 is 34.8 Å². The summed E-state index contributed by atoms with van der Waals surface area (Å²) in [7, 11) is 2.08. The highest BCUT2D eigenvalue weighted by Gasteiger charge is 2.31. The zero-order chi connectivity index (χ0) is 30.7. The Balaban J connectivity index is 1.31. The molecule has 232 valence electrons. The highest BCUT2D eigenvalue weighted by atomic mass is 16.6. The van der Waals surface area contributed by atoms with Gasteiger partial charge in [0.15, 0.2) is 0 Å². The molecule has 2 aromatic rings. The van der Waals surface area contributed by atoms with Crippen molar-refractivity contribution in [2.45, 2.75) is 110 Å². The Morgan fingerprint density at radius 2 is 1.60 bits per heavy atom. The molecule has 4 rings (SSSR count). The number of piperidine rings is 1. The minimum absolute atomic E-state index is 0.0901. The van der Waals surface area contributed by atoms with Crippen molar-refractivity contribution in [2.75, 3.05) is 32.0 Å². The smallest absolute Gasteiger partial charge is 0.419 e. The number of nitrogens with one attached hydrogen (secondary N) is 1. The van der Waals surface area contributed by atoms with Crippen LogP contribution in [-0.4, -0.2) is 75.3 Å². The summed E-state index contributed by atoms with van der Waals surface area (Å²) in [6.07, 6.45) is 8.22.